The second-order valence-electron chi connectivity index (χ2n) is 7.68. The van der Waals surface area contributed by atoms with E-state index in [0.717, 1.165) is 24.3 Å². The summed E-state index contributed by atoms with van der Waals surface area (Å²) in [5.74, 6) is 1.99. The van der Waals surface area contributed by atoms with E-state index in [-0.39, 0.29) is 5.91 Å². The lowest BCUT2D eigenvalue weighted by atomic mass is 9.91. The number of fused-ring (bicyclic) bond motifs is 1. The number of aromatic nitrogens is 6. The summed E-state index contributed by atoms with van der Waals surface area (Å²) in [5.41, 5.74) is 0.762. The Balaban J connectivity index is 1.66. The molecule has 1 atom stereocenters. The van der Waals surface area contributed by atoms with Crippen LogP contribution < -0.4 is 9.80 Å². The molecule has 0 N–H and O–H groups in total. The van der Waals surface area contributed by atoms with E-state index in [9.17, 15) is 4.79 Å². The van der Waals surface area contributed by atoms with Crippen molar-refractivity contribution in [1.29, 1.82) is 0 Å². The predicted molar refractivity (Wildman–Crippen MR) is 108 cm³/mol. The van der Waals surface area contributed by atoms with Crippen molar-refractivity contribution in [1.82, 2.24) is 29.5 Å². The summed E-state index contributed by atoms with van der Waals surface area (Å²) in [6.07, 6.45) is 13.0. The van der Waals surface area contributed by atoms with Crippen molar-refractivity contribution < 1.29 is 4.79 Å². The van der Waals surface area contributed by atoms with Crippen LogP contribution in [0.3, 0.4) is 0 Å². The molecule has 148 valence electrons. The van der Waals surface area contributed by atoms with E-state index >= 15 is 0 Å². The quantitative estimate of drug-likeness (QED) is 0.674. The molecule has 1 aliphatic heterocycles. The second kappa shape index (κ2) is 6.33. The molecule has 0 aromatic carbocycles. The maximum Gasteiger partial charge on any atom is 0.252 e. The van der Waals surface area contributed by atoms with Gasteiger partial charge in [0.2, 0.25) is 5.95 Å². The SMILES string of the molecule is CC[C@]1(C)C(=O)N(C)c2cnc(-n3ccnc3-c3cnccn3)nc2N1C1CC1. The van der Waals surface area contributed by atoms with Crippen LogP contribution in [0.25, 0.3) is 17.5 Å². The van der Waals surface area contributed by atoms with Crippen molar-refractivity contribution in [3.05, 3.63) is 37.2 Å². The first kappa shape index (κ1) is 17.7. The van der Waals surface area contributed by atoms with E-state index in [1.807, 2.05) is 13.1 Å². The molecule has 9 heteroatoms. The largest absolute Gasteiger partial charge is 0.337 e. The number of likely N-dealkylation sites (N-methyl/N-ethyl adjacent to an activating group) is 1. The molecule has 4 heterocycles. The Morgan fingerprint density at radius 3 is 2.66 bits per heavy atom. The molecule has 5 rings (SSSR count). The summed E-state index contributed by atoms with van der Waals surface area (Å²) in [5, 5.41) is 0. The summed E-state index contributed by atoms with van der Waals surface area (Å²) in [6.45, 7) is 4.06. The molecule has 2 aliphatic rings. The Hall–Kier alpha value is -3.36. The van der Waals surface area contributed by atoms with Gasteiger partial charge in [0.25, 0.3) is 5.91 Å². The van der Waals surface area contributed by atoms with Gasteiger partial charge in [-0.15, -0.1) is 0 Å². The van der Waals surface area contributed by atoms with Gasteiger partial charge in [0, 0.05) is 37.9 Å². The van der Waals surface area contributed by atoms with Crippen molar-refractivity contribution in [3.8, 4) is 17.5 Å². The highest BCUT2D eigenvalue weighted by Gasteiger charge is 2.51. The molecule has 1 fully saturated rings. The molecule has 0 saturated heterocycles. The van der Waals surface area contributed by atoms with Crippen LogP contribution in [0, 0.1) is 0 Å². The highest BCUT2D eigenvalue weighted by Crippen LogP contribution is 2.46. The number of carbonyl (C=O) groups is 1. The van der Waals surface area contributed by atoms with Gasteiger partial charge in [0.15, 0.2) is 11.6 Å². The van der Waals surface area contributed by atoms with Gasteiger partial charge in [-0.05, 0) is 26.2 Å². The van der Waals surface area contributed by atoms with Gasteiger partial charge in [-0.3, -0.25) is 14.3 Å². The van der Waals surface area contributed by atoms with Crippen LogP contribution in [0.1, 0.15) is 33.1 Å². The Morgan fingerprint density at radius 1 is 1.14 bits per heavy atom. The van der Waals surface area contributed by atoms with E-state index in [1.54, 1.807) is 47.5 Å². The van der Waals surface area contributed by atoms with Crippen molar-refractivity contribution in [2.24, 2.45) is 0 Å². The number of amides is 1. The van der Waals surface area contributed by atoms with Gasteiger partial charge < -0.3 is 9.80 Å². The van der Waals surface area contributed by atoms with E-state index in [1.165, 1.54) is 0 Å². The number of hydrogen-bond donors (Lipinski definition) is 0. The monoisotopic (exact) mass is 390 g/mol. The van der Waals surface area contributed by atoms with Crippen LogP contribution in [-0.2, 0) is 4.79 Å². The Kier molecular flexibility index (Phi) is 3.87. The first-order chi connectivity index (χ1) is 14.0. The predicted octanol–water partition coefficient (Wildman–Crippen LogP) is 2.23. The highest BCUT2D eigenvalue weighted by atomic mass is 16.2. The van der Waals surface area contributed by atoms with E-state index in [0.29, 0.717) is 29.9 Å². The third-order valence-electron chi connectivity index (χ3n) is 5.87. The van der Waals surface area contributed by atoms with Crippen LogP contribution in [0.4, 0.5) is 11.5 Å². The van der Waals surface area contributed by atoms with Crippen LogP contribution in [-0.4, -0.2) is 54.0 Å². The molecule has 0 radical (unpaired) electrons. The summed E-state index contributed by atoms with van der Waals surface area (Å²) in [6, 6.07) is 0.335. The third kappa shape index (κ3) is 2.60. The minimum atomic E-state index is -0.614. The Bertz CT molecular complexity index is 1080. The van der Waals surface area contributed by atoms with Gasteiger partial charge >= 0.3 is 0 Å². The molecule has 29 heavy (non-hydrogen) atoms. The van der Waals surface area contributed by atoms with Crippen LogP contribution in [0.2, 0.25) is 0 Å². The minimum absolute atomic E-state index is 0.0821. The topological polar surface area (TPSA) is 92.9 Å². The Labute approximate surface area is 168 Å². The smallest absolute Gasteiger partial charge is 0.252 e. The number of rotatable bonds is 4. The highest BCUT2D eigenvalue weighted by molar-refractivity contribution is 6.07. The third-order valence-corrected chi connectivity index (χ3v) is 5.87. The van der Waals surface area contributed by atoms with Gasteiger partial charge in [0.05, 0.1) is 12.4 Å². The van der Waals surface area contributed by atoms with Crippen molar-refractivity contribution in [2.45, 2.75) is 44.7 Å². The Morgan fingerprint density at radius 2 is 1.97 bits per heavy atom. The molecule has 1 amide bonds. The lowest BCUT2D eigenvalue weighted by Crippen LogP contribution is -2.62. The molecular formula is C20H22N8O. The maximum atomic E-state index is 13.1. The average molecular weight is 390 g/mol. The van der Waals surface area contributed by atoms with Gasteiger partial charge in [0.1, 0.15) is 16.9 Å². The second-order valence-corrected chi connectivity index (χ2v) is 7.68. The van der Waals surface area contributed by atoms with Crippen molar-refractivity contribution >= 4 is 17.4 Å². The fraction of sp³-hybridized carbons (Fsp3) is 0.400. The fourth-order valence-corrected chi connectivity index (χ4v) is 3.99. The molecule has 1 saturated carbocycles. The number of anilines is 2. The molecule has 0 spiro atoms. The number of hydrogen-bond acceptors (Lipinski definition) is 7. The fourth-order valence-electron chi connectivity index (χ4n) is 3.99. The van der Waals surface area contributed by atoms with E-state index < -0.39 is 5.54 Å². The molecule has 0 bridgehead atoms. The van der Waals surface area contributed by atoms with Gasteiger partial charge in [-0.1, -0.05) is 6.92 Å². The summed E-state index contributed by atoms with van der Waals surface area (Å²) in [7, 11) is 1.80. The van der Waals surface area contributed by atoms with Crippen LogP contribution in [0.15, 0.2) is 37.2 Å². The average Bonchev–Trinajstić information content (AvgIpc) is 3.46. The first-order valence-electron chi connectivity index (χ1n) is 9.79. The maximum absolute atomic E-state index is 13.1. The zero-order valence-electron chi connectivity index (χ0n) is 16.6. The van der Waals surface area contributed by atoms with Crippen LogP contribution in [0.5, 0.6) is 0 Å². The van der Waals surface area contributed by atoms with Gasteiger partial charge in [-0.2, -0.15) is 4.98 Å². The standard InChI is InChI=1S/C20H22N8O/c1-4-20(2)18(29)26(3)15-12-24-19(25-17(15)28(20)13-5-6-13)27-10-9-23-16(27)14-11-21-7-8-22-14/h7-13H,4-6H2,1-3H3/t20-/m1/s1. The lowest BCUT2D eigenvalue weighted by Gasteiger charge is -2.47. The normalized spacial score (nSPS) is 21.4. The molecule has 3 aromatic heterocycles. The number of imidazole rings is 1. The summed E-state index contributed by atoms with van der Waals surface area (Å²) in [4.78, 5) is 39.3. The molecule has 3 aromatic rings. The number of carbonyl (C=O) groups excluding carboxylic acids is 1. The molecule has 1 aliphatic carbocycles. The molecule has 0 unspecified atom stereocenters. The van der Waals surface area contributed by atoms with E-state index in [4.69, 9.17) is 4.98 Å². The summed E-state index contributed by atoms with van der Waals surface area (Å²) < 4.78 is 1.80. The van der Waals surface area contributed by atoms with Crippen molar-refractivity contribution in [2.75, 3.05) is 16.8 Å². The first-order valence-corrected chi connectivity index (χ1v) is 9.79. The molecular weight excluding hydrogens is 368 g/mol. The lowest BCUT2D eigenvalue weighted by molar-refractivity contribution is -0.123. The summed E-state index contributed by atoms with van der Waals surface area (Å²) >= 11 is 0. The zero-order chi connectivity index (χ0) is 20.2. The van der Waals surface area contributed by atoms with Gasteiger partial charge in [-0.25, -0.2) is 15.0 Å². The zero-order valence-corrected chi connectivity index (χ0v) is 16.6. The van der Waals surface area contributed by atoms with Crippen molar-refractivity contribution in [3.63, 3.8) is 0 Å². The van der Waals surface area contributed by atoms with Crippen LogP contribution >= 0.6 is 0 Å². The molecule has 9 nitrogen and oxygen atoms in total. The van der Waals surface area contributed by atoms with E-state index in [2.05, 4.69) is 31.8 Å². The number of nitrogens with zero attached hydrogens (tertiary/aromatic N) is 8. The minimum Gasteiger partial charge on any atom is -0.337 e.